The van der Waals surface area contributed by atoms with Crippen LogP contribution in [-0.4, -0.2) is 30.7 Å². The van der Waals surface area contributed by atoms with Gasteiger partial charge in [0.1, 0.15) is 24.4 Å². The van der Waals surface area contributed by atoms with E-state index in [0.717, 1.165) is 32.1 Å². The van der Waals surface area contributed by atoms with Crippen molar-refractivity contribution in [3.05, 3.63) is 0 Å². The highest BCUT2D eigenvalue weighted by Gasteiger charge is 2.56. The molecule has 27 heavy (non-hydrogen) atoms. The number of rotatable bonds is 4. The Morgan fingerprint density at radius 3 is 1.96 bits per heavy atom. The van der Waals surface area contributed by atoms with Crippen LogP contribution in [0, 0.1) is 35.0 Å². The van der Waals surface area contributed by atoms with Crippen LogP contribution in [0.25, 0.3) is 0 Å². The second-order valence-electron chi connectivity index (χ2n) is 8.55. The third-order valence-corrected chi connectivity index (χ3v) is 6.75. The monoisotopic (exact) mass is 393 g/mol. The van der Waals surface area contributed by atoms with Crippen LogP contribution in [0.1, 0.15) is 64.2 Å². The van der Waals surface area contributed by atoms with Gasteiger partial charge in [-0.1, -0.05) is 32.1 Å². The third-order valence-electron chi connectivity index (χ3n) is 6.75. The van der Waals surface area contributed by atoms with Gasteiger partial charge in [0.05, 0.1) is 18.1 Å². The van der Waals surface area contributed by atoms with Crippen LogP contribution in [0.5, 0.6) is 0 Å². The van der Waals surface area contributed by atoms with Crippen molar-refractivity contribution < 1.29 is 26.7 Å². The number of hydrogen-bond acceptors (Lipinski definition) is 2. The van der Waals surface area contributed by atoms with Gasteiger partial charge in [-0.2, -0.15) is 14.0 Å². The molecule has 3 aliphatic rings. The van der Waals surface area contributed by atoms with Crippen LogP contribution in [0.15, 0.2) is 0 Å². The highest BCUT2D eigenvalue weighted by molar-refractivity contribution is 4.96. The maximum Gasteiger partial charge on any atom is 0.364 e. The fraction of sp³-hybridized carbons (Fsp3) is 0.950. The molecule has 0 saturated heterocycles. The Kier molecular flexibility index (Phi) is 6.66. The topological polar surface area (TPSA) is 33.0 Å². The molecule has 5 atom stereocenters. The molecule has 3 rings (SSSR count). The highest BCUT2D eigenvalue weighted by atomic mass is 19.3. The number of ether oxygens (including phenoxy) is 1. The molecule has 154 valence electrons. The molecule has 0 bridgehead atoms. The second-order valence-corrected chi connectivity index (χ2v) is 8.55. The van der Waals surface area contributed by atoms with E-state index in [9.17, 15) is 22.0 Å². The first kappa shape index (κ1) is 20.8. The van der Waals surface area contributed by atoms with E-state index in [0.29, 0.717) is 0 Å². The molecule has 0 amide bonds. The lowest BCUT2D eigenvalue weighted by Crippen LogP contribution is -2.50. The van der Waals surface area contributed by atoms with E-state index < -0.39 is 42.6 Å². The lowest BCUT2D eigenvalue weighted by atomic mass is 9.69. The average Bonchev–Trinajstić information content (AvgIpc) is 2.61. The standard InChI is InChI=1S/C20H28F5NO/c21-16-10-15(7-6-13(16)11-26)27-20(24,25)19-17(22)8-14(9-18(19)23)12-4-2-1-3-5-12/h12-19H,1-10H2. The van der Waals surface area contributed by atoms with Gasteiger partial charge in [-0.05, 0) is 37.5 Å². The summed E-state index contributed by atoms with van der Waals surface area (Å²) in [4.78, 5) is 0. The Labute approximate surface area is 157 Å². The summed E-state index contributed by atoms with van der Waals surface area (Å²) in [6.45, 7) is 0. The summed E-state index contributed by atoms with van der Waals surface area (Å²) < 4.78 is 77.0. The van der Waals surface area contributed by atoms with Gasteiger partial charge < -0.3 is 4.74 Å². The molecule has 3 fully saturated rings. The minimum atomic E-state index is -3.97. The Hall–Kier alpha value is -0.900. The molecule has 0 radical (unpaired) electrons. The highest BCUT2D eigenvalue weighted by Crippen LogP contribution is 2.48. The summed E-state index contributed by atoms with van der Waals surface area (Å²) >= 11 is 0. The zero-order valence-corrected chi connectivity index (χ0v) is 15.4. The normalized spacial score (nSPS) is 41.9. The molecule has 2 nitrogen and oxygen atoms in total. The van der Waals surface area contributed by atoms with E-state index >= 15 is 0 Å². The molecule has 0 aromatic carbocycles. The van der Waals surface area contributed by atoms with Crippen LogP contribution >= 0.6 is 0 Å². The van der Waals surface area contributed by atoms with E-state index in [2.05, 4.69) is 0 Å². The maximum atomic E-state index is 14.6. The van der Waals surface area contributed by atoms with Gasteiger partial charge in [0.2, 0.25) is 0 Å². The van der Waals surface area contributed by atoms with Gasteiger partial charge in [-0.3, -0.25) is 0 Å². The number of hydrogen-bond donors (Lipinski definition) is 0. The van der Waals surface area contributed by atoms with Crippen molar-refractivity contribution in [2.75, 3.05) is 0 Å². The van der Waals surface area contributed by atoms with Crippen molar-refractivity contribution in [2.45, 2.75) is 94.9 Å². The molecule has 0 aliphatic heterocycles. The van der Waals surface area contributed by atoms with Gasteiger partial charge in [0.15, 0.2) is 0 Å². The number of nitrogens with zero attached hydrogens (tertiary/aromatic N) is 1. The first-order valence-electron chi connectivity index (χ1n) is 10.2. The predicted octanol–water partition coefficient (Wildman–Crippen LogP) is 5.91. The molecule has 0 heterocycles. The summed E-state index contributed by atoms with van der Waals surface area (Å²) in [7, 11) is 0. The molecule has 0 N–H and O–H groups in total. The molecular formula is C20H28F5NO. The molecule has 0 spiro atoms. The smallest absolute Gasteiger partial charge is 0.317 e. The van der Waals surface area contributed by atoms with Gasteiger partial charge in [0, 0.05) is 6.42 Å². The quantitative estimate of drug-likeness (QED) is 0.557. The Morgan fingerprint density at radius 2 is 1.41 bits per heavy atom. The van der Waals surface area contributed by atoms with E-state index in [4.69, 9.17) is 10.00 Å². The maximum absolute atomic E-state index is 14.6. The molecular weight excluding hydrogens is 365 g/mol. The third kappa shape index (κ3) is 4.75. The average molecular weight is 393 g/mol. The lowest BCUT2D eigenvalue weighted by molar-refractivity contribution is -0.321. The van der Waals surface area contributed by atoms with E-state index in [-0.39, 0.29) is 43.9 Å². The molecule has 3 aliphatic carbocycles. The largest absolute Gasteiger partial charge is 0.364 e. The van der Waals surface area contributed by atoms with Crippen LogP contribution in [0.3, 0.4) is 0 Å². The molecule has 3 saturated carbocycles. The zero-order valence-electron chi connectivity index (χ0n) is 15.4. The Balaban J connectivity index is 1.60. The zero-order chi connectivity index (χ0) is 19.6. The minimum absolute atomic E-state index is 0.0540. The van der Waals surface area contributed by atoms with Crippen molar-refractivity contribution >= 4 is 0 Å². The van der Waals surface area contributed by atoms with Gasteiger partial charge in [-0.25, -0.2) is 13.2 Å². The first-order valence-corrected chi connectivity index (χ1v) is 10.2. The van der Waals surface area contributed by atoms with Crippen LogP contribution in [-0.2, 0) is 4.74 Å². The van der Waals surface area contributed by atoms with Gasteiger partial charge in [-0.15, -0.1) is 0 Å². The number of alkyl halides is 5. The van der Waals surface area contributed by atoms with Gasteiger partial charge in [0.25, 0.3) is 0 Å². The van der Waals surface area contributed by atoms with Crippen LogP contribution < -0.4 is 0 Å². The fourth-order valence-electron chi connectivity index (χ4n) is 5.24. The molecule has 5 unspecified atom stereocenters. The summed E-state index contributed by atoms with van der Waals surface area (Å²) in [5, 5.41) is 8.81. The summed E-state index contributed by atoms with van der Waals surface area (Å²) in [5.41, 5.74) is 0. The fourth-order valence-corrected chi connectivity index (χ4v) is 5.24. The lowest BCUT2D eigenvalue weighted by Gasteiger charge is -2.42. The second kappa shape index (κ2) is 8.63. The van der Waals surface area contributed by atoms with Crippen molar-refractivity contribution in [2.24, 2.45) is 23.7 Å². The number of nitriles is 1. The first-order chi connectivity index (χ1) is 12.8. The predicted molar refractivity (Wildman–Crippen MR) is 90.3 cm³/mol. The van der Waals surface area contributed by atoms with Crippen LogP contribution in [0.4, 0.5) is 22.0 Å². The molecule has 0 aromatic heterocycles. The van der Waals surface area contributed by atoms with E-state index in [1.54, 1.807) is 0 Å². The summed E-state index contributed by atoms with van der Waals surface area (Å²) in [6.07, 6.45) is -5.76. The summed E-state index contributed by atoms with van der Waals surface area (Å²) in [6, 6.07) is 1.81. The SMILES string of the molecule is N#CC1CCC(OC(F)(F)C2C(F)CC(C3CCCCC3)CC2F)CC1F. The Morgan fingerprint density at radius 1 is 0.778 bits per heavy atom. The van der Waals surface area contributed by atoms with Crippen molar-refractivity contribution in [3.8, 4) is 6.07 Å². The van der Waals surface area contributed by atoms with Crippen molar-refractivity contribution in [1.82, 2.24) is 0 Å². The van der Waals surface area contributed by atoms with E-state index in [1.807, 2.05) is 6.07 Å². The van der Waals surface area contributed by atoms with Crippen molar-refractivity contribution in [3.63, 3.8) is 0 Å². The molecule has 7 heteroatoms. The molecule has 0 aromatic rings. The Bertz CT molecular complexity index is 521. The van der Waals surface area contributed by atoms with E-state index in [1.165, 1.54) is 0 Å². The number of halogens is 5. The summed E-state index contributed by atoms with van der Waals surface area (Å²) in [5.74, 6) is -2.93. The van der Waals surface area contributed by atoms with Gasteiger partial charge >= 0.3 is 6.11 Å². The van der Waals surface area contributed by atoms with Crippen molar-refractivity contribution in [1.29, 1.82) is 5.26 Å². The minimum Gasteiger partial charge on any atom is -0.317 e. The van der Waals surface area contributed by atoms with Crippen LogP contribution in [0.2, 0.25) is 0 Å².